The van der Waals surface area contributed by atoms with Crippen LogP contribution in [0.4, 0.5) is 5.69 Å². The van der Waals surface area contributed by atoms with E-state index in [-0.39, 0.29) is 12.0 Å². The number of pyridine rings is 1. The number of hydrogen-bond donors (Lipinski definition) is 1. The van der Waals surface area contributed by atoms with E-state index in [0.717, 1.165) is 36.5 Å². The molecule has 1 aromatic carbocycles. The van der Waals surface area contributed by atoms with Crippen molar-refractivity contribution in [2.24, 2.45) is 0 Å². The Morgan fingerprint density at radius 2 is 2.08 bits per heavy atom. The Balaban J connectivity index is 1.51. The van der Waals surface area contributed by atoms with E-state index in [0.29, 0.717) is 19.0 Å². The van der Waals surface area contributed by atoms with E-state index < -0.39 is 0 Å². The summed E-state index contributed by atoms with van der Waals surface area (Å²) in [5.74, 6) is 1.48. The highest BCUT2D eigenvalue weighted by atomic mass is 16.5. The molecule has 1 fully saturated rings. The van der Waals surface area contributed by atoms with Gasteiger partial charge in [0.15, 0.2) is 0 Å². The van der Waals surface area contributed by atoms with E-state index in [1.165, 1.54) is 6.92 Å². The van der Waals surface area contributed by atoms with Gasteiger partial charge >= 0.3 is 0 Å². The maximum absolute atomic E-state index is 11.0. The van der Waals surface area contributed by atoms with Crippen LogP contribution in [0.3, 0.4) is 0 Å². The molecule has 0 saturated carbocycles. The summed E-state index contributed by atoms with van der Waals surface area (Å²) in [5, 5.41) is 2.79. The molecule has 1 aliphatic heterocycles. The summed E-state index contributed by atoms with van der Waals surface area (Å²) in [6, 6.07) is 11.8. The van der Waals surface area contributed by atoms with Gasteiger partial charge in [0.1, 0.15) is 11.9 Å². The van der Waals surface area contributed by atoms with Crippen LogP contribution in [0.1, 0.15) is 25.8 Å². The van der Waals surface area contributed by atoms with Gasteiger partial charge in [-0.2, -0.15) is 0 Å². The maximum Gasteiger partial charge on any atom is 0.217 e. The van der Waals surface area contributed by atoms with Crippen molar-refractivity contribution in [2.75, 3.05) is 24.6 Å². The topological polar surface area (TPSA) is 63.7 Å². The molecule has 0 bridgehead atoms. The SMILES string of the molecule is CCOc1ccc(N2CCC(Oc3ccc(CNC(C)=O)cc3)C2)cn1. The minimum Gasteiger partial charge on any atom is -0.489 e. The molecule has 6 nitrogen and oxygen atoms in total. The zero-order valence-electron chi connectivity index (χ0n) is 15.3. The molecule has 1 aliphatic rings. The van der Waals surface area contributed by atoms with E-state index >= 15 is 0 Å². The van der Waals surface area contributed by atoms with Gasteiger partial charge in [-0.3, -0.25) is 4.79 Å². The van der Waals surface area contributed by atoms with Crippen LogP contribution >= 0.6 is 0 Å². The van der Waals surface area contributed by atoms with Crippen molar-refractivity contribution in [3.8, 4) is 11.6 Å². The highest BCUT2D eigenvalue weighted by Gasteiger charge is 2.24. The Morgan fingerprint density at radius 1 is 1.27 bits per heavy atom. The molecule has 1 amide bonds. The Labute approximate surface area is 154 Å². The Bertz CT molecular complexity index is 716. The lowest BCUT2D eigenvalue weighted by molar-refractivity contribution is -0.119. The third-order valence-corrected chi connectivity index (χ3v) is 4.29. The number of carbonyl (C=O) groups excluding carboxylic acids is 1. The molecule has 2 aromatic rings. The molecular weight excluding hydrogens is 330 g/mol. The second-order valence-electron chi connectivity index (χ2n) is 6.32. The minimum atomic E-state index is -0.0276. The molecule has 1 aromatic heterocycles. The third-order valence-electron chi connectivity index (χ3n) is 4.29. The fourth-order valence-corrected chi connectivity index (χ4v) is 2.96. The number of aromatic nitrogens is 1. The van der Waals surface area contributed by atoms with Crippen molar-refractivity contribution in [1.29, 1.82) is 0 Å². The van der Waals surface area contributed by atoms with Crippen molar-refractivity contribution in [1.82, 2.24) is 10.3 Å². The van der Waals surface area contributed by atoms with Crippen molar-refractivity contribution in [2.45, 2.75) is 32.9 Å². The van der Waals surface area contributed by atoms with Gasteiger partial charge in [-0.1, -0.05) is 12.1 Å². The molecule has 0 radical (unpaired) electrons. The molecule has 2 heterocycles. The lowest BCUT2D eigenvalue weighted by atomic mass is 10.2. The standard InChI is InChI=1S/C20H25N3O3/c1-3-25-20-9-6-17(13-22-20)23-11-10-19(14-23)26-18-7-4-16(5-8-18)12-21-15(2)24/h4-9,13,19H,3,10-12,14H2,1-2H3,(H,21,24). The second-order valence-corrected chi connectivity index (χ2v) is 6.32. The van der Waals surface area contributed by atoms with E-state index in [4.69, 9.17) is 9.47 Å². The molecule has 1 N–H and O–H groups in total. The highest BCUT2D eigenvalue weighted by Crippen LogP contribution is 2.24. The monoisotopic (exact) mass is 355 g/mol. The molecule has 1 unspecified atom stereocenters. The Hall–Kier alpha value is -2.76. The summed E-state index contributed by atoms with van der Waals surface area (Å²) in [7, 11) is 0. The van der Waals surface area contributed by atoms with Crippen molar-refractivity contribution >= 4 is 11.6 Å². The molecule has 3 rings (SSSR count). The number of ether oxygens (including phenoxy) is 2. The number of nitrogens with one attached hydrogen (secondary N) is 1. The molecule has 0 spiro atoms. The summed E-state index contributed by atoms with van der Waals surface area (Å²) in [4.78, 5) is 17.6. The first-order valence-corrected chi connectivity index (χ1v) is 8.98. The third kappa shape index (κ3) is 4.88. The maximum atomic E-state index is 11.0. The molecular formula is C20H25N3O3. The van der Waals surface area contributed by atoms with Crippen molar-refractivity contribution < 1.29 is 14.3 Å². The summed E-state index contributed by atoms with van der Waals surface area (Å²) in [6.07, 6.45) is 2.98. The van der Waals surface area contributed by atoms with Gasteiger partial charge in [0.2, 0.25) is 11.8 Å². The minimum absolute atomic E-state index is 0.0276. The van der Waals surface area contributed by atoms with Crippen LogP contribution < -0.4 is 19.7 Å². The average molecular weight is 355 g/mol. The smallest absolute Gasteiger partial charge is 0.217 e. The van der Waals surface area contributed by atoms with Crippen molar-refractivity contribution in [3.63, 3.8) is 0 Å². The number of benzene rings is 1. The van der Waals surface area contributed by atoms with Gasteiger partial charge < -0.3 is 19.7 Å². The zero-order valence-corrected chi connectivity index (χ0v) is 15.3. The molecule has 138 valence electrons. The number of nitrogens with zero attached hydrogens (tertiary/aromatic N) is 2. The van der Waals surface area contributed by atoms with Crippen LogP contribution in [0.5, 0.6) is 11.6 Å². The van der Waals surface area contributed by atoms with Crippen LogP contribution in [-0.2, 0) is 11.3 Å². The van der Waals surface area contributed by atoms with E-state index in [9.17, 15) is 4.79 Å². The first kappa shape index (κ1) is 18.0. The molecule has 1 saturated heterocycles. The van der Waals surface area contributed by atoms with Gasteiger partial charge in [0, 0.05) is 32.5 Å². The fraction of sp³-hybridized carbons (Fsp3) is 0.400. The van der Waals surface area contributed by atoms with E-state index in [2.05, 4.69) is 15.2 Å². The zero-order chi connectivity index (χ0) is 18.4. The molecule has 0 aliphatic carbocycles. The normalized spacial score (nSPS) is 16.4. The number of rotatable bonds is 7. The summed E-state index contributed by atoms with van der Waals surface area (Å²) < 4.78 is 11.5. The number of anilines is 1. The first-order valence-electron chi connectivity index (χ1n) is 8.98. The summed E-state index contributed by atoms with van der Waals surface area (Å²) in [5.41, 5.74) is 2.14. The molecule has 26 heavy (non-hydrogen) atoms. The van der Waals surface area contributed by atoms with Crippen LogP contribution in [0, 0.1) is 0 Å². The predicted molar refractivity (Wildman–Crippen MR) is 101 cm³/mol. The largest absolute Gasteiger partial charge is 0.489 e. The van der Waals surface area contributed by atoms with Crippen LogP contribution in [0.15, 0.2) is 42.6 Å². The van der Waals surface area contributed by atoms with Gasteiger partial charge in [-0.15, -0.1) is 0 Å². The van der Waals surface area contributed by atoms with Crippen LogP contribution in [0.2, 0.25) is 0 Å². The predicted octanol–water partition coefficient (Wildman–Crippen LogP) is 2.77. The lowest BCUT2D eigenvalue weighted by Crippen LogP contribution is -2.24. The highest BCUT2D eigenvalue weighted by molar-refractivity contribution is 5.72. The second kappa shape index (κ2) is 8.56. The van der Waals surface area contributed by atoms with Crippen LogP contribution in [0.25, 0.3) is 0 Å². The van der Waals surface area contributed by atoms with Crippen LogP contribution in [-0.4, -0.2) is 36.7 Å². The molecule has 1 atom stereocenters. The van der Waals surface area contributed by atoms with Gasteiger partial charge in [-0.25, -0.2) is 4.98 Å². The number of hydrogen-bond acceptors (Lipinski definition) is 5. The fourth-order valence-electron chi connectivity index (χ4n) is 2.96. The molecule has 6 heteroatoms. The van der Waals surface area contributed by atoms with Gasteiger partial charge in [0.25, 0.3) is 0 Å². The summed E-state index contributed by atoms with van der Waals surface area (Å²) >= 11 is 0. The van der Waals surface area contributed by atoms with E-state index in [1.807, 2.05) is 49.5 Å². The Kier molecular flexibility index (Phi) is 5.94. The number of carbonyl (C=O) groups is 1. The summed E-state index contributed by atoms with van der Waals surface area (Å²) in [6.45, 7) is 6.41. The average Bonchev–Trinajstić information content (AvgIpc) is 3.10. The first-order chi connectivity index (χ1) is 12.6. The van der Waals surface area contributed by atoms with Crippen molar-refractivity contribution in [3.05, 3.63) is 48.2 Å². The van der Waals surface area contributed by atoms with Gasteiger partial charge in [0.05, 0.1) is 25.0 Å². The van der Waals surface area contributed by atoms with E-state index in [1.54, 1.807) is 0 Å². The van der Waals surface area contributed by atoms with Gasteiger partial charge in [-0.05, 0) is 30.7 Å². The lowest BCUT2D eigenvalue weighted by Gasteiger charge is -2.19. The Morgan fingerprint density at radius 3 is 2.73 bits per heavy atom. The number of amides is 1. The quantitative estimate of drug-likeness (QED) is 0.827.